The molecule has 0 fully saturated rings. The van der Waals surface area contributed by atoms with Crippen LogP contribution in [-0.4, -0.2) is 40.6 Å². The third kappa shape index (κ3) is 4.82. The number of anilines is 1. The summed E-state index contributed by atoms with van der Waals surface area (Å²) < 4.78 is 0.907. The van der Waals surface area contributed by atoms with Crippen LogP contribution < -0.4 is 15.1 Å². The van der Waals surface area contributed by atoms with Crippen LogP contribution in [-0.2, 0) is 0 Å². The van der Waals surface area contributed by atoms with Gasteiger partial charge in [0.1, 0.15) is 6.04 Å². The summed E-state index contributed by atoms with van der Waals surface area (Å²) in [6, 6.07) is 16.1. The molecule has 128 valence electrons. The summed E-state index contributed by atoms with van der Waals surface area (Å²) >= 11 is 3.40. The van der Waals surface area contributed by atoms with E-state index in [9.17, 15) is 4.79 Å². The van der Waals surface area contributed by atoms with Gasteiger partial charge in [-0.2, -0.15) is 0 Å². The van der Waals surface area contributed by atoms with E-state index in [0.29, 0.717) is 12.1 Å². The van der Waals surface area contributed by atoms with Gasteiger partial charge in [0.2, 0.25) is 0 Å². The third-order valence-corrected chi connectivity index (χ3v) is 4.56. The summed E-state index contributed by atoms with van der Waals surface area (Å²) in [6.45, 7) is 0.592. The van der Waals surface area contributed by atoms with Crippen molar-refractivity contribution in [1.29, 1.82) is 0 Å². The number of rotatable bonds is 6. The molecular formula is C19H25BrN3O+. The van der Waals surface area contributed by atoms with E-state index in [4.69, 9.17) is 0 Å². The van der Waals surface area contributed by atoms with Crippen molar-refractivity contribution in [1.82, 2.24) is 5.32 Å². The highest BCUT2D eigenvalue weighted by Crippen LogP contribution is 2.16. The van der Waals surface area contributed by atoms with Crippen LogP contribution >= 0.6 is 15.9 Å². The van der Waals surface area contributed by atoms with Gasteiger partial charge in [-0.3, -0.25) is 4.79 Å². The summed E-state index contributed by atoms with van der Waals surface area (Å²) in [6.07, 6.45) is 0. The van der Waals surface area contributed by atoms with Crippen molar-refractivity contribution in [3.63, 3.8) is 0 Å². The summed E-state index contributed by atoms with van der Waals surface area (Å²) in [5, 5.41) is 3.05. The Balaban J connectivity index is 2.07. The number of nitrogens with zero attached hydrogens (tertiary/aromatic N) is 1. The molecule has 1 atom stereocenters. The van der Waals surface area contributed by atoms with Crippen LogP contribution in [0.5, 0.6) is 0 Å². The molecule has 2 aromatic carbocycles. The lowest BCUT2D eigenvalue weighted by atomic mass is 10.0. The lowest BCUT2D eigenvalue weighted by Gasteiger charge is -2.23. The topological polar surface area (TPSA) is 36.8 Å². The highest BCUT2D eigenvalue weighted by molar-refractivity contribution is 9.10. The van der Waals surface area contributed by atoms with Crippen LogP contribution in [0.3, 0.4) is 0 Å². The number of hydrogen-bond acceptors (Lipinski definition) is 2. The lowest BCUT2D eigenvalue weighted by molar-refractivity contribution is -0.890. The van der Waals surface area contributed by atoms with Gasteiger partial charge in [0.25, 0.3) is 5.91 Å². The quantitative estimate of drug-likeness (QED) is 0.792. The molecule has 24 heavy (non-hydrogen) atoms. The number of amides is 1. The van der Waals surface area contributed by atoms with Gasteiger partial charge in [-0.15, -0.1) is 0 Å². The molecular weight excluding hydrogens is 366 g/mol. The van der Waals surface area contributed by atoms with Gasteiger partial charge in [0, 0.05) is 35.4 Å². The van der Waals surface area contributed by atoms with E-state index in [1.807, 2.05) is 38.4 Å². The molecule has 0 saturated carbocycles. The Hall–Kier alpha value is -1.85. The zero-order chi connectivity index (χ0) is 17.7. The van der Waals surface area contributed by atoms with E-state index < -0.39 is 0 Å². The predicted molar refractivity (Wildman–Crippen MR) is 103 cm³/mol. The number of benzene rings is 2. The Morgan fingerprint density at radius 1 is 1.17 bits per heavy atom. The number of nitrogens with one attached hydrogen (secondary N) is 2. The van der Waals surface area contributed by atoms with Gasteiger partial charge in [-0.25, -0.2) is 0 Å². The molecule has 1 amide bonds. The first kappa shape index (κ1) is 18.5. The molecule has 0 bridgehead atoms. The molecule has 0 heterocycles. The first-order valence-electron chi connectivity index (χ1n) is 7.99. The fraction of sp³-hybridized carbons (Fsp3) is 0.316. The molecule has 0 radical (unpaired) electrons. The van der Waals surface area contributed by atoms with Gasteiger partial charge >= 0.3 is 0 Å². The van der Waals surface area contributed by atoms with Gasteiger partial charge in [-0.1, -0.05) is 34.1 Å². The molecule has 0 aliphatic rings. The number of likely N-dealkylation sites (N-methyl/N-ethyl adjacent to an activating group) is 1. The molecule has 0 aliphatic heterocycles. The minimum Gasteiger partial charge on any atom is -0.378 e. The van der Waals surface area contributed by atoms with Crippen molar-refractivity contribution < 1.29 is 9.69 Å². The minimum absolute atomic E-state index is 0.0486. The summed E-state index contributed by atoms with van der Waals surface area (Å²) in [7, 11) is 8.27. The van der Waals surface area contributed by atoms with Crippen LogP contribution in [0.15, 0.2) is 53.0 Å². The number of carbonyl (C=O) groups is 1. The second kappa shape index (κ2) is 8.31. The van der Waals surface area contributed by atoms with Gasteiger partial charge < -0.3 is 15.1 Å². The van der Waals surface area contributed by atoms with Crippen molar-refractivity contribution in [3.8, 4) is 0 Å². The van der Waals surface area contributed by atoms with E-state index >= 15 is 0 Å². The molecule has 2 aromatic rings. The fourth-order valence-corrected chi connectivity index (χ4v) is 2.99. The molecule has 0 unspecified atom stereocenters. The van der Waals surface area contributed by atoms with Crippen LogP contribution in [0.4, 0.5) is 5.69 Å². The number of hydrogen-bond donors (Lipinski definition) is 2. The summed E-state index contributed by atoms with van der Waals surface area (Å²) in [5.74, 6) is -0.0486. The SMILES string of the molecule is CN(C)c1ccc([C@H](CNC(=O)c2cccc(Br)c2)[NH+](C)C)cc1. The first-order valence-corrected chi connectivity index (χ1v) is 8.79. The molecule has 0 saturated heterocycles. The second-order valence-electron chi connectivity index (χ2n) is 6.34. The zero-order valence-corrected chi connectivity index (χ0v) is 16.2. The molecule has 0 spiro atoms. The Bertz CT molecular complexity index is 683. The van der Waals surface area contributed by atoms with Gasteiger partial charge in [-0.05, 0) is 30.3 Å². The standard InChI is InChI=1S/C19H24BrN3O/c1-22(2)17-10-8-14(9-11-17)18(23(3)4)13-21-19(24)15-6-5-7-16(20)12-15/h5-12,18H,13H2,1-4H3,(H,21,24)/p+1/t18-/m0/s1. The van der Waals surface area contributed by atoms with Crippen molar-refractivity contribution in [3.05, 3.63) is 64.1 Å². The first-order chi connectivity index (χ1) is 11.4. The van der Waals surface area contributed by atoms with Gasteiger partial charge in [0.05, 0.1) is 20.6 Å². The lowest BCUT2D eigenvalue weighted by Crippen LogP contribution is -3.07. The highest BCUT2D eigenvalue weighted by Gasteiger charge is 2.19. The van der Waals surface area contributed by atoms with E-state index in [-0.39, 0.29) is 11.9 Å². The van der Waals surface area contributed by atoms with E-state index in [1.165, 1.54) is 16.2 Å². The molecule has 2 N–H and O–H groups in total. The summed E-state index contributed by atoms with van der Waals surface area (Å²) in [5.41, 5.74) is 3.06. The van der Waals surface area contributed by atoms with E-state index in [0.717, 1.165) is 4.47 Å². The molecule has 0 aromatic heterocycles. The normalized spacial score (nSPS) is 12.1. The van der Waals surface area contributed by atoms with E-state index in [2.05, 4.69) is 64.5 Å². The Morgan fingerprint density at radius 2 is 1.83 bits per heavy atom. The maximum atomic E-state index is 12.4. The average Bonchev–Trinajstić information content (AvgIpc) is 2.55. The van der Waals surface area contributed by atoms with Crippen LogP contribution in [0.1, 0.15) is 22.0 Å². The number of carbonyl (C=O) groups excluding carboxylic acids is 1. The summed E-state index contributed by atoms with van der Waals surface area (Å²) in [4.78, 5) is 15.7. The predicted octanol–water partition coefficient (Wildman–Crippen LogP) is 2.13. The largest absolute Gasteiger partial charge is 0.378 e. The Labute approximate surface area is 152 Å². The minimum atomic E-state index is -0.0486. The van der Waals surface area contributed by atoms with Gasteiger partial charge in [0.15, 0.2) is 0 Å². The van der Waals surface area contributed by atoms with Crippen molar-refractivity contribution in [2.45, 2.75) is 6.04 Å². The van der Waals surface area contributed by atoms with Crippen molar-refractivity contribution >= 4 is 27.5 Å². The van der Waals surface area contributed by atoms with Crippen LogP contribution in [0, 0.1) is 0 Å². The maximum Gasteiger partial charge on any atom is 0.251 e. The molecule has 2 rings (SSSR count). The third-order valence-electron chi connectivity index (χ3n) is 4.06. The number of halogens is 1. The molecule has 4 nitrogen and oxygen atoms in total. The highest BCUT2D eigenvalue weighted by atomic mass is 79.9. The second-order valence-corrected chi connectivity index (χ2v) is 7.25. The molecule has 5 heteroatoms. The van der Waals surface area contributed by atoms with Crippen molar-refractivity contribution in [2.24, 2.45) is 0 Å². The Morgan fingerprint density at radius 3 is 2.38 bits per heavy atom. The fourth-order valence-electron chi connectivity index (χ4n) is 2.59. The zero-order valence-electron chi connectivity index (χ0n) is 14.6. The average molecular weight is 391 g/mol. The van der Waals surface area contributed by atoms with E-state index in [1.54, 1.807) is 0 Å². The Kier molecular flexibility index (Phi) is 6.40. The molecule has 0 aliphatic carbocycles. The smallest absolute Gasteiger partial charge is 0.251 e. The van der Waals surface area contributed by atoms with Crippen LogP contribution in [0.2, 0.25) is 0 Å². The van der Waals surface area contributed by atoms with Crippen molar-refractivity contribution in [2.75, 3.05) is 39.6 Å². The monoisotopic (exact) mass is 390 g/mol. The maximum absolute atomic E-state index is 12.4. The van der Waals surface area contributed by atoms with Crippen LogP contribution in [0.25, 0.3) is 0 Å². The number of quaternary nitrogens is 1.